The van der Waals surface area contributed by atoms with E-state index in [1.54, 1.807) is 0 Å². The van der Waals surface area contributed by atoms with E-state index < -0.39 is 0 Å². The van der Waals surface area contributed by atoms with E-state index in [9.17, 15) is 0 Å². The highest BCUT2D eigenvalue weighted by atomic mass is 16.5. The molecule has 0 amide bonds. The predicted molar refractivity (Wildman–Crippen MR) is 66.7 cm³/mol. The Morgan fingerprint density at radius 3 is 3.06 bits per heavy atom. The lowest BCUT2D eigenvalue weighted by molar-refractivity contribution is 0.0901. The van der Waals surface area contributed by atoms with Crippen LogP contribution >= 0.6 is 0 Å². The van der Waals surface area contributed by atoms with E-state index in [1.807, 2.05) is 0 Å². The lowest BCUT2D eigenvalue weighted by Crippen LogP contribution is -2.29. The van der Waals surface area contributed by atoms with E-state index in [2.05, 4.69) is 19.2 Å². The van der Waals surface area contributed by atoms with Crippen LogP contribution < -0.4 is 5.32 Å². The summed E-state index contributed by atoms with van der Waals surface area (Å²) in [5.74, 6) is 0.637. The summed E-state index contributed by atoms with van der Waals surface area (Å²) in [6.45, 7) is 8.96. The van der Waals surface area contributed by atoms with E-state index in [0.29, 0.717) is 12.0 Å². The molecular formula is C13H27NO2. The molecule has 2 unspecified atom stereocenters. The van der Waals surface area contributed by atoms with Gasteiger partial charge in [0, 0.05) is 25.1 Å². The molecule has 1 aliphatic heterocycles. The van der Waals surface area contributed by atoms with Crippen molar-refractivity contribution < 1.29 is 9.47 Å². The van der Waals surface area contributed by atoms with Gasteiger partial charge in [-0.1, -0.05) is 19.8 Å². The highest BCUT2D eigenvalue weighted by Gasteiger charge is 2.15. The fraction of sp³-hybridized carbons (Fsp3) is 1.00. The molecule has 0 aromatic rings. The summed E-state index contributed by atoms with van der Waals surface area (Å²) in [6, 6.07) is 0.623. The second-order valence-corrected chi connectivity index (χ2v) is 4.80. The molecule has 1 rings (SSSR count). The molecule has 0 aromatic carbocycles. The Bertz CT molecular complexity index is 158. The largest absolute Gasteiger partial charge is 0.381 e. The summed E-state index contributed by atoms with van der Waals surface area (Å²) >= 11 is 0. The zero-order chi connectivity index (χ0) is 11.6. The van der Waals surface area contributed by atoms with Crippen LogP contribution in [0.1, 0.15) is 39.5 Å². The highest BCUT2D eigenvalue weighted by molar-refractivity contribution is 4.63. The molecular weight excluding hydrogens is 202 g/mol. The summed E-state index contributed by atoms with van der Waals surface area (Å²) < 4.78 is 10.9. The summed E-state index contributed by atoms with van der Waals surface area (Å²) in [5.41, 5.74) is 0. The highest BCUT2D eigenvalue weighted by Crippen LogP contribution is 2.11. The van der Waals surface area contributed by atoms with E-state index in [-0.39, 0.29) is 0 Å². The van der Waals surface area contributed by atoms with Crippen LogP contribution in [0.3, 0.4) is 0 Å². The molecule has 0 aromatic heterocycles. The van der Waals surface area contributed by atoms with Gasteiger partial charge in [0.2, 0.25) is 0 Å². The lowest BCUT2D eigenvalue weighted by Gasteiger charge is -2.14. The summed E-state index contributed by atoms with van der Waals surface area (Å²) in [6.07, 6.45) is 5.03. The molecule has 16 heavy (non-hydrogen) atoms. The third-order valence-electron chi connectivity index (χ3n) is 3.11. The number of hydrogen-bond donors (Lipinski definition) is 1. The van der Waals surface area contributed by atoms with Crippen molar-refractivity contribution in [3.63, 3.8) is 0 Å². The molecule has 0 saturated carbocycles. The van der Waals surface area contributed by atoms with Gasteiger partial charge in [0.05, 0.1) is 19.8 Å². The van der Waals surface area contributed by atoms with Gasteiger partial charge in [0.1, 0.15) is 0 Å². The first kappa shape index (κ1) is 13.9. The Morgan fingerprint density at radius 1 is 1.50 bits per heavy atom. The van der Waals surface area contributed by atoms with Crippen molar-refractivity contribution >= 4 is 0 Å². The van der Waals surface area contributed by atoms with Gasteiger partial charge < -0.3 is 14.8 Å². The van der Waals surface area contributed by atoms with Crippen molar-refractivity contribution in [2.45, 2.75) is 45.6 Å². The van der Waals surface area contributed by atoms with Crippen LogP contribution in [0.2, 0.25) is 0 Å². The van der Waals surface area contributed by atoms with Crippen LogP contribution in [-0.4, -0.2) is 39.0 Å². The minimum atomic E-state index is 0.623. The maximum absolute atomic E-state index is 5.63. The number of unbranched alkanes of at least 4 members (excludes halogenated alkanes) is 1. The Balaban J connectivity index is 1.83. The quantitative estimate of drug-likeness (QED) is 0.615. The topological polar surface area (TPSA) is 30.5 Å². The molecule has 1 heterocycles. The van der Waals surface area contributed by atoms with Gasteiger partial charge >= 0.3 is 0 Å². The van der Waals surface area contributed by atoms with Crippen molar-refractivity contribution in [2.24, 2.45) is 5.92 Å². The Labute approximate surface area is 99.9 Å². The number of hydrogen-bond acceptors (Lipinski definition) is 3. The van der Waals surface area contributed by atoms with Crippen LogP contribution in [0, 0.1) is 5.92 Å². The molecule has 1 N–H and O–H groups in total. The van der Waals surface area contributed by atoms with Crippen LogP contribution in [0.25, 0.3) is 0 Å². The zero-order valence-corrected chi connectivity index (χ0v) is 10.8. The first-order valence-corrected chi connectivity index (χ1v) is 6.71. The average Bonchev–Trinajstić information content (AvgIpc) is 2.79. The molecule has 2 atom stereocenters. The van der Waals surface area contributed by atoms with Crippen LogP contribution in [0.5, 0.6) is 0 Å². The van der Waals surface area contributed by atoms with Gasteiger partial charge in [0.25, 0.3) is 0 Å². The molecule has 0 aliphatic carbocycles. The average molecular weight is 229 g/mol. The van der Waals surface area contributed by atoms with Gasteiger partial charge in [-0.25, -0.2) is 0 Å². The minimum Gasteiger partial charge on any atom is -0.381 e. The monoisotopic (exact) mass is 229 g/mol. The Hall–Kier alpha value is -0.120. The van der Waals surface area contributed by atoms with Crippen molar-refractivity contribution in [1.82, 2.24) is 5.32 Å². The van der Waals surface area contributed by atoms with E-state index in [4.69, 9.17) is 9.47 Å². The van der Waals surface area contributed by atoms with E-state index in [1.165, 1.54) is 25.7 Å². The smallest absolute Gasteiger partial charge is 0.0591 e. The number of rotatable bonds is 9. The van der Waals surface area contributed by atoms with Gasteiger partial charge in [-0.2, -0.15) is 0 Å². The van der Waals surface area contributed by atoms with Gasteiger partial charge in [-0.15, -0.1) is 0 Å². The number of ether oxygens (including phenoxy) is 2. The molecule has 1 fully saturated rings. The third kappa shape index (κ3) is 6.46. The number of nitrogens with one attached hydrogen (secondary N) is 1. The van der Waals surface area contributed by atoms with Crippen LogP contribution in [0.4, 0.5) is 0 Å². The van der Waals surface area contributed by atoms with Gasteiger partial charge in [0.15, 0.2) is 0 Å². The first-order chi connectivity index (χ1) is 7.83. The van der Waals surface area contributed by atoms with Crippen molar-refractivity contribution in [3.05, 3.63) is 0 Å². The molecule has 0 radical (unpaired) electrons. The zero-order valence-electron chi connectivity index (χ0n) is 10.8. The standard InChI is InChI=1S/C13H27NO2/c1-3-4-5-12(2)14-7-9-16-11-13-6-8-15-10-13/h12-14H,3-11H2,1-2H3. The third-order valence-corrected chi connectivity index (χ3v) is 3.11. The van der Waals surface area contributed by atoms with Crippen LogP contribution in [0.15, 0.2) is 0 Å². The summed E-state index contributed by atoms with van der Waals surface area (Å²) in [7, 11) is 0. The maximum Gasteiger partial charge on any atom is 0.0591 e. The Kier molecular flexibility index (Phi) is 7.81. The first-order valence-electron chi connectivity index (χ1n) is 6.71. The normalized spacial score (nSPS) is 22.5. The van der Waals surface area contributed by atoms with E-state index >= 15 is 0 Å². The molecule has 1 aliphatic rings. The fourth-order valence-corrected chi connectivity index (χ4v) is 1.95. The molecule has 3 heteroatoms. The summed E-state index contributed by atoms with van der Waals surface area (Å²) in [4.78, 5) is 0. The molecule has 0 spiro atoms. The second-order valence-electron chi connectivity index (χ2n) is 4.80. The lowest BCUT2D eigenvalue weighted by atomic mass is 10.1. The minimum absolute atomic E-state index is 0.623. The SMILES string of the molecule is CCCCC(C)NCCOCC1CCOC1. The molecule has 0 bridgehead atoms. The molecule has 1 saturated heterocycles. The van der Waals surface area contributed by atoms with Crippen LogP contribution in [-0.2, 0) is 9.47 Å². The predicted octanol–water partition coefficient (Wildman–Crippen LogP) is 2.21. The fourth-order valence-electron chi connectivity index (χ4n) is 1.95. The van der Waals surface area contributed by atoms with Crippen molar-refractivity contribution in [3.8, 4) is 0 Å². The Morgan fingerprint density at radius 2 is 2.38 bits per heavy atom. The molecule has 3 nitrogen and oxygen atoms in total. The van der Waals surface area contributed by atoms with Crippen molar-refractivity contribution in [1.29, 1.82) is 0 Å². The van der Waals surface area contributed by atoms with Crippen molar-refractivity contribution in [2.75, 3.05) is 33.0 Å². The van der Waals surface area contributed by atoms with Gasteiger partial charge in [-0.05, 0) is 19.8 Å². The second kappa shape index (κ2) is 8.97. The van der Waals surface area contributed by atoms with Gasteiger partial charge in [-0.3, -0.25) is 0 Å². The molecule has 96 valence electrons. The maximum atomic E-state index is 5.63. The summed E-state index contributed by atoms with van der Waals surface area (Å²) in [5, 5.41) is 3.49. The van der Waals surface area contributed by atoms with E-state index in [0.717, 1.165) is 33.0 Å².